The van der Waals surface area contributed by atoms with Crippen molar-refractivity contribution in [3.8, 4) is 0 Å². The van der Waals surface area contributed by atoms with Crippen molar-refractivity contribution in [2.75, 3.05) is 17.6 Å². The van der Waals surface area contributed by atoms with Crippen LogP contribution >= 0.6 is 11.8 Å². The van der Waals surface area contributed by atoms with E-state index in [0.29, 0.717) is 0 Å². The molecule has 1 aromatic carbocycles. The van der Waals surface area contributed by atoms with Gasteiger partial charge in [0.1, 0.15) is 0 Å². The van der Waals surface area contributed by atoms with Gasteiger partial charge in [-0.1, -0.05) is 32.0 Å². The number of fused-ring (bicyclic) bond motifs is 1. The fourth-order valence-electron chi connectivity index (χ4n) is 2.36. The van der Waals surface area contributed by atoms with Gasteiger partial charge in [-0.05, 0) is 17.7 Å². The van der Waals surface area contributed by atoms with Crippen LogP contribution in [0.5, 0.6) is 0 Å². The summed E-state index contributed by atoms with van der Waals surface area (Å²) in [5, 5.41) is 4.68. The Morgan fingerprint density at radius 1 is 1.35 bits per heavy atom. The van der Waals surface area contributed by atoms with Crippen molar-refractivity contribution in [3.63, 3.8) is 0 Å². The number of nitrogens with one attached hydrogen (secondary N) is 1. The van der Waals surface area contributed by atoms with E-state index in [1.54, 1.807) is 0 Å². The van der Waals surface area contributed by atoms with Gasteiger partial charge in [-0.15, -0.1) is 11.8 Å². The molecule has 17 heavy (non-hydrogen) atoms. The first kappa shape index (κ1) is 10.9. The number of hydrogen-bond donors (Lipinski definition) is 1. The molecule has 2 aliphatic heterocycles. The third-order valence-electron chi connectivity index (χ3n) is 3.42. The number of nitrogens with zero attached hydrogens (tertiary/aromatic N) is 1. The lowest BCUT2D eigenvalue weighted by atomic mass is 9.84. The zero-order valence-corrected chi connectivity index (χ0v) is 11.0. The first-order valence-corrected chi connectivity index (χ1v) is 6.92. The third-order valence-corrected chi connectivity index (χ3v) is 4.35. The Morgan fingerprint density at radius 2 is 2.18 bits per heavy atom. The van der Waals surface area contributed by atoms with Crippen molar-refractivity contribution >= 4 is 22.5 Å². The first-order valence-electron chi connectivity index (χ1n) is 5.94. The van der Waals surface area contributed by atoms with Gasteiger partial charge in [-0.2, -0.15) is 0 Å². The Labute approximate surface area is 106 Å². The van der Waals surface area contributed by atoms with Crippen molar-refractivity contribution in [1.29, 1.82) is 0 Å². The van der Waals surface area contributed by atoms with Gasteiger partial charge >= 0.3 is 0 Å². The van der Waals surface area contributed by atoms with Crippen LogP contribution in [0, 0.1) is 0 Å². The highest BCUT2D eigenvalue weighted by Crippen LogP contribution is 2.43. The predicted octanol–water partition coefficient (Wildman–Crippen LogP) is 3.42. The van der Waals surface area contributed by atoms with E-state index in [0.717, 1.165) is 17.3 Å². The molecule has 2 aliphatic rings. The lowest BCUT2D eigenvalue weighted by Crippen LogP contribution is -2.18. The monoisotopic (exact) mass is 244 g/mol. The fraction of sp³-hybridized carbons (Fsp3) is 0.357. The second kappa shape index (κ2) is 3.91. The number of anilines is 1. The summed E-state index contributed by atoms with van der Waals surface area (Å²) in [7, 11) is 0. The maximum atomic E-state index is 4.49. The van der Waals surface area contributed by atoms with Crippen molar-refractivity contribution in [2.45, 2.75) is 19.3 Å². The zero-order valence-electron chi connectivity index (χ0n) is 10.2. The maximum Gasteiger partial charge on any atom is 0.0923 e. The molecule has 3 heteroatoms. The minimum absolute atomic E-state index is 0.0578. The van der Waals surface area contributed by atoms with Crippen LogP contribution in [-0.2, 0) is 5.41 Å². The molecule has 0 bridgehead atoms. The summed E-state index contributed by atoms with van der Waals surface area (Å²) in [6, 6.07) is 8.52. The van der Waals surface area contributed by atoms with E-state index in [-0.39, 0.29) is 5.41 Å². The molecule has 88 valence electrons. The molecule has 0 fully saturated rings. The molecular formula is C14H16N2S. The lowest BCUT2D eigenvalue weighted by Gasteiger charge is -2.20. The van der Waals surface area contributed by atoms with Crippen LogP contribution in [0.25, 0.3) is 0 Å². The zero-order chi connectivity index (χ0) is 11.9. The van der Waals surface area contributed by atoms with Crippen LogP contribution in [0.1, 0.15) is 19.4 Å². The minimum Gasteiger partial charge on any atom is -0.358 e. The van der Waals surface area contributed by atoms with E-state index in [1.807, 2.05) is 11.8 Å². The molecule has 1 aromatic rings. The second-order valence-electron chi connectivity index (χ2n) is 4.92. The largest absolute Gasteiger partial charge is 0.358 e. The number of rotatable bonds is 1. The van der Waals surface area contributed by atoms with E-state index in [1.165, 1.54) is 16.9 Å². The Morgan fingerprint density at radius 3 is 2.88 bits per heavy atom. The predicted molar refractivity (Wildman–Crippen MR) is 75.9 cm³/mol. The quantitative estimate of drug-likeness (QED) is 0.818. The first-order chi connectivity index (χ1) is 8.18. The van der Waals surface area contributed by atoms with Gasteiger partial charge in [0.2, 0.25) is 0 Å². The van der Waals surface area contributed by atoms with Crippen LogP contribution < -0.4 is 5.32 Å². The molecule has 0 aromatic heterocycles. The van der Waals surface area contributed by atoms with E-state index >= 15 is 0 Å². The smallest absolute Gasteiger partial charge is 0.0923 e. The number of para-hydroxylation sites is 1. The summed E-state index contributed by atoms with van der Waals surface area (Å²) in [6.07, 6.45) is 2.21. The molecule has 3 rings (SSSR count). The molecule has 0 amide bonds. The summed E-state index contributed by atoms with van der Waals surface area (Å²) in [4.78, 5) is 4.49. The van der Waals surface area contributed by atoms with Gasteiger partial charge < -0.3 is 5.32 Å². The number of benzene rings is 1. The van der Waals surface area contributed by atoms with E-state index in [4.69, 9.17) is 0 Å². The Hall–Kier alpha value is -1.22. The summed E-state index contributed by atoms with van der Waals surface area (Å²) >= 11 is 1.84. The van der Waals surface area contributed by atoms with Gasteiger partial charge in [0, 0.05) is 29.1 Å². The van der Waals surface area contributed by atoms with Crippen LogP contribution in [0.3, 0.4) is 0 Å². The highest BCUT2D eigenvalue weighted by molar-refractivity contribution is 8.14. The van der Waals surface area contributed by atoms with Crippen LogP contribution in [0.15, 0.2) is 41.0 Å². The second-order valence-corrected chi connectivity index (χ2v) is 6.04. The minimum atomic E-state index is 0.0578. The summed E-state index contributed by atoms with van der Waals surface area (Å²) in [5.74, 6) is 1.12. The average molecular weight is 244 g/mol. The van der Waals surface area contributed by atoms with Crippen LogP contribution in [0.4, 0.5) is 5.69 Å². The average Bonchev–Trinajstić information content (AvgIpc) is 2.89. The molecule has 0 saturated heterocycles. The van der Waals surface area contributed by atoms with Crippen molar-refractivity contribution in [2.24, 2.45) is 4.99 Å². The lowest BCUT2D eigenvalue weighted by molar-refractivity contribution is 0.655. The highest BCUT2D eigenvalue weighted by Gasteiger charge is 2.34. The Balaban J connectivity index is 2.01. The maximum absolute atomic E-state index is 4.49. The molecular weight excluding hydrogens is 228 g/mol. The normalized spacial score (nSPS) is 23.4. The molecule has 1 N–H and O–H groups in total. The van der Waals surface area contributed by atoms with Gasteiger partial charge in [0.05, 0.1) is 5.04 Å². The standard InChI is InChI=1S/C14H16N2S/c1-14(2)10-5-3-4-6-11(10)16-12(14)9-13-15-7-8-17-13/h3-6,9,16H,7-8H2,1-2H3. The molecule has 0 unspecified atom stereocenters. The molecule has 0 spiro atoms. The summed E-state index contributed by atoms with van der Waals surface area (Å²) in [6.45, 7) is 5.48. The molecule has 2 heterocycles. The van der Waals surface area contributed by atoms with Crippen LogP contribution in [-0.4, -0.2) is 17.3 Å². The van der Waals surface area contributed by atoms with Crippen molar-refractivity contribution < 1.29 is 0 Å². The molecule has 0 atom stereocenters. The van der Waals surface area contributed by atoms with Gasteiger partial charge in [0.25, 0.3) is 0 Å². The summed E-state index contributed by atoms with van der Waals surface area (Å²) in [5.41, 5.74) is 3.91. The topological polar surface area (TPSA) is 24.4 Å². The summed E-state index contributed by atoms with van der Waals surface area (Å²) < 4.78 is 0. The number of aliphatic imine (C=N–C) groups is 1. The van der Waals surface area contributed by atoms with Gasteiger partial charge in [-0.25, -0.2) is 0 Å². The Bertz CT molecular complexity index is 515. The van der Waals surface area contributed by atoms with E-state index in [2.05, 4.69) is 54.5 Å². The number of allylic oxidation sites excluding steroid dienone is 1. The van der Waals surface area contributed by atoms with Crippen LogP contribution in [0.2, 0.25) is 0 Å². The number of hydrogen-bond acceptors (Lipinski definition) is 3. The fourth-order valence-corrected chi connectivity index (χ4v) is 3.14. The SMILES string of the molecule is CC1(C)C(=CC2=NCCS2)Nc2ccccc21. The Kier molecular flexibility index (Phi) is 2.51. The highest BCUT2D eigenvalue weighted by atomic mass is 32.2. The van der Waals surface area contributed by atoms with Crippen molar-refractivity contribution in [1.82, 2.24) is 0 Å². The van der Waals surface area contributed by atoms with E-state index in [9.17, 15) is 0 Å². The molecule has 0 radical (unpaired) electrons. The van der Waals surface area contributed by atoms with Gasteiger partial charge in [-0.3, -0.25) is 4.99 Å². The molecule has 0 aliphatic carbocycles. The van der Waals surface area contributed by atoms with Gasteiger partial charge in [0.15, 0.2) is 0 Å². The molecule has 2 nitrogen and oxygen atoms in total. The third kappa shape index (κ3) is 1.78. The van der Waals surface area contributed by atoms with E-state index < -0.39 is 0 Å². The molecule has 0 saturated carbocycles. The van der Waals surface area contributed by atoms with Crippen molar-refractivity contribution in [3.05, 3.63) is 41.6 Å². The number of thioether (sulfide) groups is 1.